The van der Waals surface area contributed by atoms with Gasteiger partial charge in [-0.05, 0) is 36.1 Å². The highest BCUT2D eigenvalue weighted by molar-refractivity contribution is 5.37. The smallest absolute Gasteiger partial charge is 0.126 e. The molecular formula is C18H22FNO2. The number of methoxy groups -OCH3 is 1. The third kappa shape index (κ3) is 3.64. The monoisotopic (exact) mass is 303 g/mol. The van der Waals surface area contributed by atoms with Crippen LogP contribution in [0.3, 0.4) is 0 Å². The number of hydrogen-bond donors (Lipinski definition) is 2. The highest BCUT2D eigenvalue weighted by atomic mass is 19.1. The van der Waals surface area contributed by atoms with Gasteiger partial charge in [0.1, 0.15) is 17.8 Å². The molecule has 0 spiro atoms. The molecule has 0 aliphatic rings. The van der Waals surface area contributed by atoms with Crippen molar-refractivity contribution in [3.8, 4) is 5.75 Å². The zero-order chi connectivity index (χ0) is 16.2. The Kier molecular flexibility index (Phi) is 5.16. The van der Waals surface area contributed by atoms with Crippen LogP contribution >= 0.6 is 0 Å². The van der Waals surface area contributed by atoms with Gasteiger partial charge in [0.15, 0.2) is 0 Å². The average Bonchev–Trinajstić information content (AvgIpc) is 2.47. The van der Waals surface area contributed by atoms with Crippen molar-refractivity contribution in [3.63, 3.8) is 0 Å². The number of rotatable bonds is 6. The van der Waals surface area contributed by atoms with Crippen LogP contribution in [0.1, 0.15) is 24.5 Å². The maximum Gasteiger partial charge on any atom is 0.126 e. The van der Waals surface area contributed by atoms with Crippen LogP contribution in [0, 0.1) is 5.82 Å². The van der Waals surface area contributed by atoms with Gasteiger partial charge in [-0.3, -0.25) is 0 Å². The van der Waals surface area contributed by atoms with Crippen molar-refractivity contribution >= 4 is 0 Å². The van der Waals surface area contributed by atoms with Crippen LogP contribution in [0.4, 0.5) is 4.39 Å². The normalized spacial score (nSPS) is 15.1. The van der Waals surface area contributed by atoms with Crippen molar-refractivity contribution in [2.45, 2.75) is 31.4 Å². The minimum atomic E-state index is -1.01. The summed E-state index contributed by atoms with van der Waals surface area (Å²) in [5.41, 5.74) is 6.46. The number of ether oxygens (including phenoxy) is 1. The van der Waals surface area contributed by atoms with E-state index in [4.69, 9.17) is 10.5 Å². The van der Waals surface area contributed by atoms with Crippen LogP contribution < -0.4 is 10.5 Å². The van der Waals surface area contributed by atoms with Gasteiger partial charge in [0.25, 0.3) is 0 Å². The number of halogens is 1. The van der Waals surface area contributed by atoms with E-state index in [0.29, 0.717) is 12.0 Å². The summed E-state index contributed by atoms with van der Waals surface area (Å²) in [6.45, 7) is 1.91. The van der Waals surface area contributed by atoms with Gasteiger partial charge in [0.05, 0.1) is 7.11 Å². The number of hydrogen-bond acceptors (Lipinski definition) is 3. The third-order valence-electron chi connectivity index (χ3n) is 3.96. The Hall–Kier alpha value is -1.91. The maximum absolute atomic E-state index is 14.3. The van der Waals surface area contributed by atoms with Crippen LogP contribution in [-0.4, -0.2) is 18.4 Å². The summed E-state index contributed by atoms with van der Waals surface area (Å²) < 4.78 is 19.6. The molecule has 2 atom stereocenters. The summed E-state index contributed by atoms with van der Waals surface area (Å²) in [7, 11) is 1.61. The molecule has 0 aliphatic carbocycles. The fraction of sp³-hybridized carbons (Fsp3) is 0.333. The number of nitrogens with two attached hydrogens (primary N) is 1. The number of para-hydroxylation sites is 1. The minimum Gasteiger partial charge on any atom is -0.496 e. The molecule has 118 valence electrons. The first-order chi connectivity index (χ1) is 10.5. The van der Waals surface area contributed by atoms with Gasteiger partial charge < -0.3 is 15.6 Å². The van der Waals surface area contributed by atoms with E-state index in [0.717, 1.165) is 11.3 Å². The molecule has 0 heterocycles. The Labute approximate surface area is 130 Å². The van der Waals surface area contributed by atoms with Gasteiger partial charge in [-0.2, -0.15) is 0 Å². The SMILES string of the molecule is COc1ccccc1CC(C)(C[C@H](N)O)c1ccccc1F. The highest BCUT2D eigenvalue weighted by Gasteiger charge is 2.32. The van der Waals surface area contributed by atoms with Crippen molar-refractivity contribution in [3.05, 3.63) is 65.5 Å². The molecule has 4 heteroatoms. The molecule has 2 aromatic carbocycles. The van der Waals surface area contributed by atoms with E-state index in [9.17, 15) is 9.50 Å². The van der Waals surface area contributed by atoms with Crippen LogP contribution in [0.25, 0.3) is 0 Å². The second-order valence-electron chi connectivity index (χ2n) is 5.80. The fourth-order valence-electron chi connectivity index (χ4n) is 2.96. The van der Waals surface area contributed by atoms with Crippen molar-refractivity contribution in [2.24, 2.45) is 5.73 Å². The Morgan fingerprint density at radius 1 is 1.18 bits per heavy atom. The van der Waals surface area contributed by atoms with Crippen LogP contribution in [-0.2, 0) is 11.8 Å². The molecule has 0 saturated carbocycles. The minimum absolute atomic E-state index is 0.256. The van der Waals surface area contributed by atoms with E-state index < -0.39 is 11.6 Å². The van der Waals surface area contributed by atoms with Crippen molar-refractivity contribution in [2.75, 3.05) is 7.11 Å². The lowest BCUT2D eigenvalue weighted by molar-refractivity contribution is 0.139. The number of benzene rings is 2. The van der Waals surface area contributed by atoms with Gasteiger partial charge in [0, 0.05) is 5.41 Å². The molecule has 0 radical (unpaired) electrons. The third-order valence-corrected chi connectivity index (χ3v) is 3.96. The molecule has 1 unspecified atom stereocenters. The first kappa shape index (κ1) is 16.5. The molecule has 3 N–H and O–H groups in total. The summed E-state index contributed by atoms with van der Waals surface area (Å²) in [6, 6.07) is 14.2. The van der Waals surface area contributed by atoms with E-state index >= 15 is 0 Å². The van der Waals surface area contributed by atoms with Crippen molar-refractivity contribution in [1.29, 1.82) is 0 Å². The van der Waals surface area contributed by atoms with Gasteiger partial charge in [-0.25, -0.2) is 4.39 Å². The van der Waals surface area contributed by atoms with Gasteiger partial charge >= 0.3 is 0 Å². The highest BCUT2D eigenvalue weighted by Crippen LogP contribution is 2.36. The second-order valence-corrected chi connectivity index (χ2v) is 5.80. The lowest BCUT2D eigenvalue weighted by Crippen LogP contribution is -2.35. The molecule has 0 bridgehead atoms. The largest absolute Gasteiger partial charge is 0.496 e. The Morgan fingerprint density at radius 3 is 2.45 bits per heavy atom. The summed E-state index contributed by atoms with van der Waals surface area (Å²) in [4.78, 5) is 0. The summed E-state index contributed by atoms with van der Waals surface area (Å²) in [5, 5.41) is 9.67. The zero-order valence-electron chi connectivity index (χ0n) is 12.9. The van der Waals surface area contributed by atoms with E-state index in [1.54, 1.807) is 25.3 Å². The van der Waals surface area contributed by atoms with Gasteiger partial charge in [-0.1, -0.05) is 43.3 Å². The van der Waals surface area contributed by atoms with E-state index in [-0.39, 0.29) is 12.2 Å². The van der Waals surface area contributed by atoms with E-state index in [1.807, 2.05) is 31.2 Å². The topological polar surface area (TPSA) is 55.5 Å². The molecule has 22 heavy (non-hydrogen) atoms. The van der Waals surface area contributed by atoms with Crippen molar-refractivity contribution < 1.29 is 14.2 Å². The van der Waals surface area contributed by atoms with E-state index in [2.05, 4.69) is 0 Å². The maximum atomic E-state index is 14.3. The molecule has 3 nitrogen and oxygen atoms in total. The van der Waals surface area contributed by atoms with Gasteiger partial charge in [-0.15, -0.1) is 0 Å². The molecule has 0 aliphatic heterocycles. The first-order valence-corrected chi connectivity index (χ1v) is 7.27. The standard InChI is InChI=1S/C18H22FNO2/c1-18(12-17(20)21,14-8-4-5-9-15(14)19)11-13-7-3-6-10-16(13)22-2/h3-10,17,21H,11-12,20H2,1-2H3/t17-,18?/m1/s1. The summed E-state index contributed by atoms with van der Waals surface area (Å²) >= 11 is 0. The van der Waals surface area contributed by atoms with Gasteiger partial charge in [0.2, 0.25) is 0 Å². The van der Waals surface area contributed by atoms with Crippen LogP contribution in [0.2, 0.25) is 0 Å². The van der Waals surface area contributed by atoms with E-state index in [1.165, 1.54) is 6.07 Å². The molecule has 2 aromatic rings. The zero-order valence-corrected chi connectivity index (χ0v) is 12.9. The van der Waals surface area contributed by atoms with Crippen LogP contribution in [0.15, 0.2) is 48.5 Å². The Balaban J connectivity index is 2.44. The van der Waals surface area contributed by atoms with Crippen molar-refractivity contribution in [1.82, 2.24) is 0 Å². The molecule has 2 rings (SSSR count). The predicted octanol–water partition coefficient (Wildman–Crippen LogP) is 3.00. The lowest BCUT2D eigenvalue weighted by atomic mass is 9.74. The van der Waals surface area contributed by atoms with Crippen LogP contribution in [0.5, 0.6) is 5.75 Å². The first-order valence-electron chi connectivity index (χ1n) is 7.27. The second kappa shape index (κ2) is 6.90. The molecule has 0 fully saturated rings. The molecular weight excluding hydrogens is 281 g/mol. The fourth-order valence-corrected chi connectivity index (χ4v) is 2.96. The Bertz CT molecular complexity index is 630. The molecule has 0 amide bonds. The summed E-state index contributed by atoms with van der Waals surface area (Å²) in [5.74, 6) is 0.456. The average molecular weight is 303 g/mol. The molecule has 0 aromatic heterocycles. The number of aliphatic hydroxyl groups excluding tert-OH is 1. The number of aliphatic hydroxyl groups is 1. The Morgan fingerprint density at radius 2 is 1.82 bits per heavy atom. The predicted molar refractivity (Wildman–Crippen MR) is 85.3 cm³/mol. The molecule has 0 saturated heterocycles. The quantitative estimate of drug-likeness (QED) is 0.807. The lowest BCUT2D eigenvalue weighted by Gasteiger charge is -2.32. The summed E-state index contributed by atoms with van der Waals surface area (Å²) in [6.07, 6.45) is -0.239.